The van der Waals surface area contributed by atoms with Crippen LogP contribution in [0.3, 0.4) is 0 Å². The number of phenols is 1. The van der Waals surface area contributed by atoms with Gasteiger partial charge in [-0.15, -0.1) is 0 Å². The summed E-state index contributed by atoms with van der Waals surface area (Å²) in [4.78, 5) is 42.2. The van der Waals surface area contributed by atoms with Gasteiger partial charge in [0.05, 0.1) is 18.2 Å². The molecule has 4 aliphatic rings. The number of fused-ring (bicyclic) bond motifs is 6. The molecule has 1 fully saturated rings. The minimum Gasteiger partial charge on any atom is -0.507 e. The summed E-state index contributed by atoms with van der Waals surface area (Å²) in [5.41, 5.74) is 3.16. The Morgan fingerprint density at radius 1 is 0.951 bits per heavy atom. The Morgan fingerprint density at radius 2 is 1.80 bits per heavy atom. The van der Waals surface area contributed by atoms with Gasteiger partial charge in [-0.2, -0.15) is 0 Å². The van der Waals surface area contributed by atoms with E-state index in [4.69, 9.17) is 9.47 Å². The minimum atomic E-state index is -0.386. The van der Waals surface area contributed by atoms with E-state index in [1.54, 1.807) is 11.0 Å². The summed E-state index contributed by atoms with van der Waals surface area (Å²) in [6.45, 7) is 2.44. The molecular formula is C32H33N3O6. The predicted molar refractivity (Wildman–Crippen MR) is 151 cm³/mol. The zero-order chi connectivity index (χ0) is 28.3. The number of hydrogen-bond acceptors (Lipinski definition) is 6. The molecule has 1 unspecified atom stereocenters. The molecule has 0 spiro atoms. The summed E-state index contributed by atoms with van der Waals surface area (Å²) in [5, 5.41) is 13.1. The second-order valence-corrected chi connectivity index (χ2v) is 10.6. The van der Waals surface area contributed by atoms with Gasteiger partial charge in [0, 0.05) is 39.0 Å². The number of nitrogens with zero attached hydrogens (tertiary/aromatic N) is 2. The molecule has 1 saturated heterocycles. The molecule has 2 N–H and O–H groups in total. The van der Waals surface area contributed by atoms with Crippen LogP contribution >= 0.6 is 0 Å². The van der Waals surface area contributed by atoms with Crippen LogP contribution in [0.5, 0.6) is 23.0 Å². The zero-order valence-corrected chi connectivity index (χ0v) is 22.8. The van der Waals surface area contributed by atoms with E-state index in [0.717, 1.165) is 23.1 Å². The lowest BCUT2D eigenvalue weighted by Crippen LogP contribution is -2.42. The molecular weight excluding hydrogens is 522 g/mol. The SMILES string of the molecule is O=C1NCCCOc2cccc(c2)C2c3ccc(cc3CCN2C(=O)CCN2CCCC2=O)Oc2ccc(O)c1c2. The second kappa shape index (κ2) is 11.5. The van der Waals surface area contributed by atoms with Gasteiger partial charge in [-0.05, 0) is 78.4 Å². The van der Waals surface area contributed by atoms with E-state index in [0.29, 0.717) is 69.3 Å². The van der Waals surface area contributed by atoms with Crippen LogP contribution in [-0.2, 0) is 16.0 Å². The first-order valence-electron chi connectivity index (χ1n) is 14.2. The lowest BCUT2D eigenvalue weighted by molar-refractivity contribution is -0.134. The van der Waals surface area contributed by atoms with Crippen molar-refractivity contribution in [3.8, 4) is 23.0 Å². The smallest absolute Gasteiger partial charge is 0.255 e. The maximum absolute atomic E-state index is 13.6. The van der Waals surface area contributed by atoms with Crippen molar-refractivity contribution in [2.75, 3.05) is 32.8 Å². The number of phenolic OH excluding ortho intramolecular Hbond substituents is 1. The first-order valence-corrected chi connectivity index (χ1v) is 14.2. The normalized spacial score (nSPS) is 18.7. The molecule has 0 radical (unpaired) electrons. The quantitative estimate of drug-likeness (QED) is 0.502. The van der Waals surface area contributed by atoms with Gasteiger partial charge in [0.25, 0.3) is 5.91 Å². The van der Waals surface area contributed by atoms with Crippen LogP contribution in [0.4, 0.5) is 0 Å². The highest BCUT2D eigenvalue weighted by Gasteiger charge is 2.33. The molecule has 0 aromatic heterocycles. The largest absolute Gasteiger partial charge is 0.507 e. The van der Waals surface area contributed by atoms with Crippen molar-refractivity contribution in [2.24, 2.45) is 0 Å². The molecule has 41 heavy (non-hydrogen) atoms. The van der Waals surface area contributed by atoms with E-state index >= 15 is 0 Å². The van der Waals surface area contributed by atoms with Crippen molar-refractivity contribution in [2.45, 2.75) is 38.1 Å². The monoisotopic (exact) mass is 555 g/mol. The summed E-state index contributed by atoms with van der Waals surface area (Å²) in [5.74, 6) is 1.35. The minimum absolute atomic E-state index is 0.0153. The van der Waals surface area contributed by atoms with Gasteiger partial charge < -0.3 is 29.7 Å². The molecule has 0 aliphatic carbocycles. The maximum atomic E-state index is 13.6. The van der Waals surface area contributed by atoms with Crippen LogP contribution in [0.2, 0.25) is 0 Å². The van der Waals surface area contributed by atoms with Gasteiger partial charge in [-0.3, -0.25) is 14.4 Å². The topological polar surface area (TPSA) is 108 Å². The number of carbonyl (C=O) groups is 3. The van der Waals surface area contributed by atoms with E-state index in [1.807, 2.05) is 47.4 Å². The van der Waals surface area contributed by atoms with E-state index in [2.05, 4.69) is 5.32 Å². The summed E-state index contributed by atoms with van der Waals surface area (Å²) >= 11 is 0. The van der Waals surface area contributed by atoms with Crippen LogP contribution in [0.25, 0.3) is 0 Å². The number of carbonyl (C=O) groups excluding carboxylic acids is 3. The summed E-state index contributed by atoms with van der Waals surface area (Å²) < 4.78 is 12.1. The Labute approximate surface area is 238 Å². The van der Waals surface area contributed by atoms with Crippen molar-refractivity contribution in [1.82, 2.24) is 15.1 Å². The third-order valence-electron chi connectivity index (χ3n) is 7.93. The first-order chi connectivity index (χ1) is 20.0. The molecule has 9 nitrogen and oxygen atoms in total. The van der Waals surface area contributed by atoms with Crippen molar-refractivity contribution < 1.29 is 29.0 Å². The van der Waals surface area contributed by atoms with Crippen LogP contribution in [0.1, 0.15) is 58.8 Å². The third kappa shape index (κ3) is 5.70. The molecule has 8 bridgehead atoms. The highest BCUT2D eigenvalue weighted by Crippen LogP contribution is 2.39. The van der Waals surface area contributed by atoms with Crippen LogP contribution in [0.15, 0.2) is 60.7 Å². The standard InChI is InChI=1S/C32H33N3O6/c36-28-10-8-25-20-27(28)32(39)33-13-3-17-40-23-5-1-4-22(19-23)31-26-9-7-24(41-25)18-21(26)11-16-35(31)30(38)12-15-34-14-2-6-29(34)37/h1,4-5,7-10,18-20,31,36H,2-3,6,11-17H2,(H,33,39). The number of likely N-dealkylation sites (tertiary alicyclic amines) is 1. The molecule has 1 atom stereocenters. The fourth-order valence-corrected chi connectivity index (χ4v) is 5.84. The van der Waals surface area contributed by atoms with E-state index < -0.39 is 0 Å². The summed E-state index contributed by atoms with van der Waals surface area (Å²) in [6, 6.07) is 17.9. The fraction of sp³-hybridized carbons (Fsp3) is 0.344. The maximum Gasteiger partial charge on any atom is 0.255 e. The number of amides is 3. The Bertz CT molecular complexity index is 1490. The molecule has 3 aromatic carbocycles. The van der Waals surface area contributed by atoms with Gasteiger partial charge in [0.15, 0.2) is 0 Å². The van der Waals surface area contributed by atoms with Gasteiger partial charge in [-0.1, -0.05) is 18.2 Å². The highest BCUT2D eigenvalue weighted by molar-refractivity contribution is 5.97. The van der Waals surface area contributed by atoms with Crippen LogP contribution in [-0.4, -0.2) is 65.4 Å². The molecule has 7 rings (SSSR count). The Balaban J connectivity index is 1.35. The molecule has 3 aromatic rings. The van der Waals surface area contributed by atoms with E-state index in [-0.39, 0.29) is 41.5 Å². The average Bonchev–Trinajstić information content (AvgIpc) is 3.40. The number of ether oxygens (including phenoxy) is 2. The number of hydrogen-bond donors (Lipinski definition) is 2. The van der Waals surface area contributed by atoms with Crippen molar-refractivity contribution >= 4 is 17.7 Å². The number of nitrogens with one attached hydrogen (secondary N) is 1. The van der Waals surface area contributed by atoms with Crippen LogP contribution in [0, 0.1) is 0 Å². The van der Waals surface area contributed by atoms with Gasteiger partial charge >= 0.3 is 0 Å². The van der Waals surface area contributed by atoms with E-state index in [9.17, 15) is 19.5 Å². The Hall–Kier alpha value is -4.53. The van der Waals surface area contributed by atoms with Crippen molar-refractivity contribution in [3.05, 3.63) is 82.9 Å². The lowest BCUT2D eigenvalue weighted by atomic mass is 9.87. The average molecular weight is 556 g/mol. The highest BCUT2D eigenvalue weighted by atomic mass is 16.5. The first kappa shape index (κ1) is 26.7. The predicted octanol–water partition coefficient (Wildman–Crippen LogP) is 4.18. The lowest BCUT2D eigenvalue weighted by Gasteiger charge is -2.38. The number of aromatic hydroxyl groups is 1. The summed E-state index contributed by atoms with van der Waals surface area (Å²) in [6.07, 6.45) is 2.91. The molecule has 9 heteroatoms. The van der Waals surface area contributed by atoms with Gasteiger partial charge in [0.2, 0.25) is 11.8 Å². The molecule has 4 heterocycles. The van der Waals surface area contributed by atoms with Crippen molar-refractivity contribution in [1.29, 1.82) is 0 Å². The van der Waals surface area contributed by atoms with E-state index in [1.165, 1.54) is 12.1 Å². The summed E-state index contributed by atoms with van der Waals surface area (Å²) in [7, 11) is 0. The van der Waals surface area contributed by atoms with Gasteiger partial charge in [-0.25, -0.2) is 0 Å². The van der Waals surface area contributed by atoms with Crippen LogP contribution < -0.4 is 14.8 Å². The fourth-order valence-electron chi connectivity index (χ4n) is 5.84. The Morgan fingerprint density at radius 3 is 2.66 bits per heavy atom. The zero-order valence-electron chi connectivity index (χ0n) is 22.8. The molecule has 3 amide bonds. The third-order valence-corrected chi connectivity index (χ3v) is 7.93. The number of benzene rings is 3. The molecule has 212 valence electrons. The second-order valence-electron chi connectivity index (χ2n) is 10.6. The molecule has 0 saturated carbocycles. The number of rotatable bonds is 3. The van der Waals surface area contributed by atoms with Gasteiger partial charge in [0.1, 0.15) is 23.0 Å². The Kier molecular flexibility index (Phi) is 7.50. The van der Waals surface area contributed by atoms with Crippen molar-refractivity contribution in [3.63, 3.8) is 0 Å². The molecule has 4 aliphatic heterocycles.